The number of hydrogen-bond acceptors (Lipinski definition) is 2. The van der Waals surface area contributed by atoms with Crippen LogP contribution in [0.3, 0.4) is 0 Å². The Hall–Kier alpha value is -1.33. The third-order valence-electron chi connectivity index (χ3n) is 2.31. The highest BCUT2D eigenvalue weighted by Gasteiger charge is 2.19. The molecule has 0 aliphatic heterocycles. The molecule has 0 saturated heterocycles. The average molecular weight is 222 g/mol. The summed E-state index contributed by atoms with van der Waals surface area (Å²) in [5, 5.41) is 8.24. The van der Waals surface area contributed by atoms with Gasteiger partial charge in [0.15, 0.2) is 5.78 Å². The SMILES string of the molecule is CCc1cccc(C#N)c1C(Cl)C(C)=O. The maximum absolute atomic E-state index is 11.2. The molecule has 0 bridgehead atoms. The first kappa shape index (κ1) is 11.7. The van der Waals surface area contributed by atoms with Gasteiger partial charge < -0.3 is 0 Å². The van der Waals surface area contributed by atoms with Crippen LogP contribution >= 0.6 is 11.6 Å². The third-order valence-corrected chi connectivity index (χ3v) is 2.83. The van der Waals surface area contributed by atoms with Crippen molar-refractivity contribution in [1.82, 2.24) is 0 Å². The summed E-state index contributed by atoms with van der Waals surface area (Å²) in [7, 11) is 0. The van der Waals surface area contributed by atoms with Gasteiger partial charge >= 0.3 is 0 Å². The molecule has 3 heteroatoms. The quantitative estimate of drug-likeness (QED) is 0.737. The van der Waals surface area contributed by atoms with E-state index in [0.717, 1.165) is 12.0 Å². The van der Waals surface area contributed by atoms with Crippen molar-refractivity contribution in [1.29, 1.82) is 5.26 Å². The van der Waals surface area contributed by atoms with E-state index in [1.807, 2.05) is 19.1 Å². The number of nitriles is 1. The number of hydrogen-bond donors (Lipinski definition) is 0. The molecule has 1 atom stereocenters. The monoisotopic (exact) mass is 221 g/mol. The van der Waals surface area contributed by atoms with Gasteiger partial charge in [0.1, 0.15) is 5.38 Å². The number of benzene rings is 1. The van der Waals surface area contributed by atoms with Crippen molar-refractivity contribution in [2.75, 3.05) is 0 Å². The van der Waals surface area contributed by atoms with Crippen LogP contribution in [-0.2, 0) is 11.2 Å². The summed E-state index contributed by atoms with van der Waals surface area (Å²) in [5.41, 5.74) is 2.12. The minimum Gasteiger partial charge on any atom is -0.298 e. The summed E-state index contributed by atoms with van der Waals surface area (Å²) in [6.07, 6.45) is 0.765. The fourth-order valence-electron chi connectivity index (χ4n) is 1.52. The summed E-state index contributed by atoms with van der Waals surface area (Å²) in [5.74, 6) is -0.130. The number of carbonyl (C=O) groups is 1. The molecule has 0 saturated carbocycles. The fourth-order valence-corrected chi connectivity index (χ4v) is 1.78. The van der Waals surface area contributed by atoms with Crippen molar-refractivity contribution in [2.24, 2.45) is 0 Å². The van der Waals surface area contributed by atoms with Crippen LogP contribution in [0.5, 0.6) is 0 Å². The van der Waals surface area contributed by atoms with E-state index < -0.39 is 5.38 Å². The van der Waals surface area contributed by atoms with E-state index in [-0.39, 0.29) is 5.78 Å². The van der Waals surface area contributed by atoms with Gasteiger partial charge in [-0.3, -0.25) is 4.79 Å². The molecule has 1 rings (SSSR count). The number of halogens is 1. The summed E-state index contributed by atoms with van der Waals surface area (Å²) in [6.45, 7) is 3.41. The van der Waals surface area contributed by atoms with Gasteiger partial charge in [0, 0.05) is 0 Å². The second-order valence-corrected chi connectivity index (χ2v) is 3.75. The maximum atomic E-state index is 11.2. The van der Waals surface area contributed by atoms with E-state index in [2.05, 4.69) is 6.07 Å². The molecule has 0 N–H and O–H groups in total. The van der Waals surface area contributed by atoms with Crippen molar-refractivity contribution >= 4 is 17.4 Å². The normalized spacial score (nSPS) is 11.9. The van der Waals surface area contributed by atoms with E-state index in [1.54, 1.807) is 6.07 Å². The number of Topliss-reactive ketones (excluding diaryl/α,β-unsaturated/α-hetero) is 1. The Morgan fingerprint density at radius 1 is 1.60 bits per heavy atom. The van der Waals surface area contributed by atoms with Gasteiger partial charge in [-0.15, -0.1) is 11.6 Å². The zero-order chi connectivity index (χ0) is 11.4. The van der Waals surface area contributed by atoms with Crippen molar-refractivity contribution in [3.8, 4) is 6.07 Å². The third kappa shape index (κ3) is 2.37. The lowest BCUT2D eigenvalue weighted by atomic mass is 9.95. The molecule has 78 valence electrons. The largest absolute Gasteiger partial charge is 0.298 e. The predicted molar refractivity (Wildman–Crippen MR) is 59.8 cm³/mol. The van der Waals surface area contributed by atoms with Crippen molar-refractivity contribution in [2.45, 2.75) is 25.6 Å². The molecule has 0 spiro atoms. The molecule has 2 nitrogen and oxygen atoms in total. The second kappa shape index (κ2) is 4.95. The van der Waals surface area contributed by atoms with Gasteiger partial charge in [-0.05, 0) is 30.5 Å². The standard InChI is InChI=1S/C12H12ClNO/c1-3-9-5-4-6-10(7-14)11(9)12(13)8(2)15/h4-6,12H,3H2,1-2H3. The first-order valence-electron chi connectivity index (χ1n) is 4.78. The molecule has 0 amide bonds. The number of alkyl halides is 1. The van der Waals surface area contributed by atoms with Crippen LogP contribution in [0.1, 0.15) is 35.9 Å². The fraction of sp³-hybridized carbons (Fsp3) is 0.333. The van der Waals surface area contributed by atoms with Crippen LogP contribution in [0.15, 0.2) is 18.2 Å². The molecule has 0 radical (unpaired) electrons. The number of nitrogens with zero attached hydrogens (tertiary/aromatic N) is 1. The Balaban J connectivity index is 3.35. The Morgan fingerprint density at radius 3 is 2.73 bits per heavy atom. The molecule has 15 heavy (non-hydrogen) atoms. The van der Waals surface area contributed by atoms with Gasteiger partial charge in [-0.25, -0.2) is 0 Å². The zero-order valence-electron chi connectivity index (χ0n) is 8.75. The summed E-state index contributed by atoms with van der Waals surface area (Å²) < 4.78 is 0. The highest BCUT2D eigenvalue weighted by Crippen LogP contribution is 2.28. The Bertz CT molecular complexity index is 420. The van der Waals surface area contributed by atoms with Crippen LogP contribution in [0, 0.1) is 11.3 Å². The van der Waals surface area contributed by atoms with Crippen LogP contribution < -0.4 is 0 Å². The highest BCUT2D eigenvalue weighted by molar-refractivity contribution is 6.31. The predicted octanol–water partition coefficient (Wildman–Crippen LogP) is 2.99. The van der Waals surface area contributed by atoms with Gasteiger partial charge in [-0.1, -0.05) is 19.1 Å². The summed E-state index contributed by atoms with van der Waals surface area (Å²) in [4.78, 5) is 11.2. The van der Waals surface area contributed by atoms with Crippen LogP contribution in [0.2, 0.25) is 0 Å². The van der Waals surface area contributed by atoms with Crippen molar-refractivity contribution < 1.29 is 4.79 Å². The molecule has 1 unspecified atom stereocenters. The van der Waals surface area contributed by atoms with Gasteiger partial charge in [0.05, 0.1) is 11.6 Å². The molecule has 1 aromatic rings. The van der Waals surface area contributed by atoms with Crippen molar-refractivity contribution in [3.05, 3.63) is 34.9 Å². The molecular formula is C12H12ClNO. The van der Waals surface area contributed by atoms with Crippen LogP contribution in [0.4, 0.5) is 0 Å². The smallest absolute Gasteiger partial charge is 0.152 e. The second-order valence-electron chi connectivity index (χ2n) is 3.32. The minimum atomic E-state index is -0.712. The number of carbonyl (C=O) groups excluding carboxylic acids is 1. The summed E-state index contributed by atoms with van der Waals surface area (Å²) in [6, 6.07) is 7.46. The molecule has 0 heterocycles. The Labute approximate surface area is 94.5 Å². The first-order valence-corrected chi connectivity index (χ1v) is 5.21. The van der Waals surface area contributed by atoms with Crippen LogP contribution in [0.25, 0.3) is 0 Å². The lowest BCUT2D eigenvalue weighted by Crippen LogP contribution is -2.07. The first-order chi connectivity index (χ1) is 7.11. The number of rotatable bonds is 3. The topological polar surface area (TPSA) is 40.9 Å². The molecule has 1 aromatic carbocycles. The van der Waals surface area contributed by atoms with Gasteiger partial charge in [-0.2, -0.15) is 5.26 Å². The highest BCUT2D eigenvalue weighted by atomic mass is 35.5. The van der Waals surface area contributed by atoms with E-state index in [9.17, 15) is 4.79 Å². The zero-order valence-corrected chi connectivity index (χ0v) is 9.51. The lowest BCUT2D eigenvalue weighted by Gasteiger charge is -2.12. The summed E-state index contributed by atoms with van der Waals surface area (Å²) >= 11 is 6.01. The molecule has 0 aliphatic carbocycles. The van der Waals surface area contributed by atoms with Crippen molar-refractivity contribution in [3.63, 3.8) is 0 Å². The van der Waals surface area contributed by atoms with E-state index >= 15 is 0 Å². The Kier molecular flexibility index (Phi) is 3.88. The minimum absolute atomic E-state index is 0.130. The average Bonchev–Trinajstić information content (AvgIpc) is 2.26. The van der Waals surface area contributed by atoms with E-state index in [0.29, 0.717) is 11.1 Å². The molecule has 0 aromatic heterocycles. The van der Waals surface area contributed by atoms with Crippen LogP contribution in [-0.4, -0.2) is 5.78 Å². The molecule has 0 fully saturated rings. The van der Waals surface area contributed by atoms with Gasteiger partial charge in [0.2, 0.25) is 0 Å². The lowest BCUT2D eigenvalue weighted by molar-refractivity contribution is -0.116. The molecular weight excluding hydrogens is 210 g/mol. The van der Waals surface area contributed by atoms with E-state index in [4.69, 9.17) is 16.9 Å². The molecule has 0 aliphatic rings. The maximum Gasteiger partial charge on any atom is 0.152 e. The van der Waals surface area contributed by atoms with Gasteiger partial charge in [0.25, 0.3) is 0 Å². The Morgan fingerprint density at radius 2 is 2.27 bits per heavy atom. The van der Waals surface area contributed by atoms with E-state index in [1.165, 1.54) is 6.92 Å². The number of ketones is 1. The number of aryl methyl sites for hydroxylation is 1.